The molecule has 2 heterocycles. The van der Waals surface area contributed by atoms with Crippen molar-refractivity contribution in [3.8, 4) is 5.69 Å². The molecule has 3 aromatic rings. The molecule has 146 valence electrons. The van der Waals surface area contributed by atoms with Crippen LogP contribution in [0.5, 0.6) is 0 Å². The molecule has 0 amide bonds. The Labute approximate surface area is 170 Å². The zero-order valence-electron chi connectivity index (χ0n) is 16.9. The van der Waals surface area contributed by atoms with E-state index in [1.165, 1.54) is 18.4 Å². The van der Waals surface area contributed by atoms with Crippen LogP contribution in [0.25, 0.3) is 16.7 Å². The van der Waals surface area contributed by atoms with Crippen molar-refractivity contribution in [2.45, 2.75) is 58.0 Å². The first-order valence-electron chi connectivity index (χ1n) is 10.2. The van der Waals surface area contributed by atoms with Gasteiger partial charge in [-0.3, -0.25) is 9.36 Å². The second-order valence-corrected chi connectivity index (χ2v) is 9.09. The predicted octanol–water partition coefficient (Wildman–Crippen LogP) is 5.11. The number of hydrogen-bond acceptors (Lipinski definition) is 4. The molecule has 0 saturated carbocycles. The Morgan fingerprint density at radius 1 is 1.14 bits per heavy atom. The molecule has 0 atom stereocenters. The number of rotatable bonds is 5. The van der Waals surface area contributed by atoms with Gasteiger partial charge >= 0.3 is 0 Å². The van der Waals surface area contributed by atoms with E-state index in [0.29, 0.717) is 17.0 Å². The first-order valence-corrected chi connectivity index (χ1v) is 11.2. The van der Waals surface area contributed by atoms with Gasteiger partial charge in [0.25, 0.3) is 5.56 Å². The van der Waals surface area contributed by atoms with Crippen molar-refractivity contribution in [1.29, 1.82) is 0 Å². The topological polar surface area (TPSA) is 47.8 Å². The highest BCUT2D eigenvalue weighted by molar-refractivity contribution is 7.99. The van der Waals surface area contributed by atoms with Crippen LogP contribution in [0.4, 0.5) is 0 Å². The molecule has 5 heteroatoms. The molecule has 1 aliphatic rings. The molecular weight excluding hydrogens is 366 g/mol. The molecule has 0 bridgehead atoms. The molecule has 4 rings (SSSR count). The van der Waals surface area contributed by atoms with Crippen LogP contribution < -0.4 is 5.56 Å². The maximum Gasteiger partial charge on any atom is 0.268 e. The molecular formula is C23H27N3OS. The van der Waals surface area contributed by atoms with E-state index in [-0.39, 0.29) is 5.56 Å². The lowest BCUT2D eigenvalue weighted by atomic mass is 9.95. The third-order valence-corrected chi connectivity index (χ3v) is 6.36. The van der Waals surface area contributed by atoms with Gasteiger partial charge in [0, 0.05) is 11.4 Å². The van der Waals surface area contributed by atoms with E-state index in [2.05, 4.69) is 13.8 Å². The van der Waals surface area contributed by atoms with Crippen LogP contribution in [0.15, 0.2) is 40.3 Å². The third-order valence-electron chi connectivity index (χ3n) is 5.39. The first-order chi connectivity index (χ1) is 13.5. The lowest BCUT2D eigenvalue weighted by molar-refractivity contribution is 0.631. The summed E-state index contributed by atoms with van der Waals surface area (Å²) in [5.41, 5.74) is 4.91. The number of aryl methyl sites for hydroxylation is 3. The van der Waals surface area contributed by atoms with Crippen molar-refractivity contribution in [2.24, 2.45) is 5.92 Å². The van der Waals surface area contributed by atoms with E-state index in [4.69, 9.17) is 9.97 Å². The minimum Gasteiger partial charge on any atom is -0.268 e. The summed E-state index contributed by atoms with van der Waals surface area (Å²) in [6, 6.07) is 10.1. The number of aromatic nitrogens is 3. The molecule has 1 aromatic carbocycles. The highest BCUT2D eigenvalue weighted by atomic mass is 32.2. The van der Waals surface area contributed by atoms with Gasteiger partial charge in [-0.1, -0.05) is 43.8 Å². The summed E-state index contributed by atoms with van der Waals surface area (Å²) in [6.45, 7) is 6.48. The second-order valence-electron chi connectivity index (χ2n) is 8.02. The largest absolute Gasteiger partial charge is 0.268 e. The summed E-state index contributed by atoms with van der Waals surface area (Å²) >= 11 is 1.66. The summed E-state index contributed by atoms with van der Waals surface area (Å²) < 4.78 is 1.79. The Kier molecular flexibility index (Phi) is 5.54. The van der Waals surface area contributed by atoms with Crippen LogP contribution in [0.2, 0.25) is 0 Å². The Morgan fingerprint density at radius 3 is 2.71 bits per heavy atom. The van der Waals surface area contributed by atoms with Crippen LogP contribution in [-0.2, 0) is 12.8 Å². The number of fused-ring (bicyclic) bond motifs is 2. The van der Waals surface area contributed by atoms with Crippen molar-refractivity contribution < 1.29 is 0 Å². The van der Waals surface area contributed by atoms with E-state index < -0.39 is 0 Å². The molecule has 4 nitrogen and oxygen atoms in total. The zero-order valence-corrected chi connectivity index (χ0v) is 17.7. The highest BCUT2D eigenvalue weighted by Crippen LogP contribution is 2.26. The van der Waals surface area contributed by atoms with Crippen LogP contribution >= 0.6 is 11.8 Å². The number of pyridine rings is 1. The van der Waals surface area contributed by atoms with Crippen molar-refractivity contribution in [1.82, 2.24) is 14.5 Å². The number of thioether (sulfide) groups is 1. The fourth-order valence-corrected chi connectivity index (χ4v) is 4.96. The van der Waals surface area contributed by atoms with E-state index in [1.54, 1.807) is 16.3 Å². The normalized spacial score (nSPS) is 13.9. The fourth-order valence-electron chi connectivity index (χ4n) is 3.72. The molecule has 0 unspecified atom stereocenters. The average Bonchev–Trinajstić information content (AvgIpc) is 2.68. The molecule has 0 saturated heterocycles. The maximum absolute atomic E-state index is 13.6. The van der Waals surface area contributed by atoms with Crippen molar-refractivity contribution >= 4 is 22.8 Å². The number of para-hydroxylation sites is 1. The third kappa shape index (κ3) is 3.72. The average molecular weight is 394 g/mol. The SMILES string of the molecule is Cc1ccccc1-n1c(SCCC(C)C)nc2nc3c(cc2c1=O)CCCC3. The monoisotopic (exact) mass is 393 g/mol. The molecule has 0 radical (unpaired) electrons. The van der Waals surface area contributed by atoms with E-state index >= 15 is 0 Å². The van der Waals surface area contributed by atoms with Gasteiger partial charge in [-0.2, -0.15) is 0 Å². The molecule has 28 heavy (non-hydrogen) atoms. The standard InChI is InChI=1S/C23H27N3OS/c1-15(2)12-13-28-23-25-21-18(14-17-9-5-6-10-19(17)24-21)22(27)26(23)20-11-7-4-8-16(20)3/h4,7-8,11,14-15H,5-6,9-10,12-13H2,1-3H3. The van der Waals surface area contributed by atoms with Crippen molar-refractivity contribution in [3.63, 3.8) is 0 Å². The minimum absolute atomic E-state index is 0.00720. The van der Waals surface area contributed by atoms with Crippen molar-refractivity contribution in [3.05, 3.63) is 57.5 Å². The van der Waals surface area contributed by atoms with Gasteiger partial charge in [-0.05, 0) is 68.2 Å². The molecule has 0 fully saturated rings. The van der Waals surface area contributed by atoms with Crippen LogP contribution in [0.1, 0.15) is 49.9 Å². The van der Waals surface area contributed by atoms with Crippen molar-refractivity contribution in [2.75, 3.05) is 5.75 Å². The first kappa shape index (κ1) is 19.2. The number of hydrogen-bond donors (Lipinski definition) is 0. The van der Waals surface area contributed by atoms with E-state index in [0.717, 1.165) is 47.1 Å². The Hall–Kier alpha value is -2.14. The summed E-state index contributed by atoms with van der Waals surface area (Å²) in [7, 11) is 0. The summed E-state index contributed by atoms with van der Waals surface area (Å²) in [5, 5.41) is 1.38. The Morgan fingerprint density at radius 2 is 1.93 bits per heavy atom. The van der Waals surface area contributed by atoms with Crippen LogP contribution in [-0.4, -0.2) is 20.3 Å². The Balaban J connectivity index is 1.91. The van der Waals surface area contributed by atoms with Crippen LogP contribution in [0.3, 0.4) is 0 Å². The van der Waals surface area contributed by atoms with Gasteiger partial charge in [0.2, 0.25) is 0 Å². The van der Waals surface area contributed by atoms with Gasteiger partial charge in [-0.25, -0.2) is 9.97 Å². The summed E-state index contributed by atoms with van der Waals surface area (Å²) in [6.07, 6.45) is 5.42. The predicted molar refractivity (Wildman–Crippen MR) is 117 cm³/mol. The molecule has 0 spiro atoms. The fraction of sp³-hybridized carbons (Fsp3) is 0.435. The summed E-state index contributed by atoms with van der Waals surface area (Å²) in [4.78, 5) is 23.2. The van der Waals surface area contributed by atoms with Gasteiger partial charge in [0.05, 0.1) is 11.1 Å². The second kappa shape index (κ2) is 8.08. The van der Waals surface area contributed by atoms with E-state index in [9.17, 15) is 4.79 Å². The highest BCUT2D eigenvalue weighted by Gasteiger charge is 2.19. The Bertz CT molecular complexity index is 1070. The molecule has 2 aromatic heterocycles. The van der Waals surface area contributed by atoms with Crippen LogP contribution in [0, 0.1) is 12.8 Å². The quantitative estimate of drug-likeness (QED) is 0.447. The number of benzene rings is 1. The van der Waals surface area contributed by atoms with Gasteiger partial charge in [-0.15, -0.1) is 0 Å². The lowest BCUT2D eigenvalue weighted by Gasteiger charge is -2.18. The van der Waals surface area contributed by atoms with Gasteiger partial charge in [0.15, 0.2) is 10.8 Å². The lowest BCUT2D eigenvalue weighted by Crippen LogP contribution is -2.24. The molecule has 0 aliphatic heterocycles. The maximum atomic E-state index is 13.6. The van der Waals surface area contributed by atoms with Gasteiger partial charge in [0.1, 0.15) is 0 Å². The minimum atomic E-state index is -0.00720. The van der Waals surface area contributed by atoms with Gasteiger partial charge < -0.3 is 0 Å². The smallest absolute Gasteiger partial charge is 0.268 e. The zero-order chi connectivity index (χ0) is 19.7. The molecule has 1 aliphatic carbocycles. The molecule has 0 N–H and O–H groups in total. The summed E-state index contributed by atoms with van der Waals surface area (Å²) in [5.74, 6) is 1.56. The van der Waals surface area contributed by atoms with E-state index in [1.807, 2.05) is 37.3 Å². The number of nitrogens with zero attached hydrogens (tertiary/aromatic N) is 3.